The van der Waals surface area contributed by atoms with Gasteiger partial charge in [0.2, 0.25) is 5.91 Å². The van der Waals surface area contributed by atoms with Gasteiger partial charge in [0.1, 0.15) is 0 Å². The summed E-state index contributed by atoms with van der Waals surface area (Å²) < 4.78 is 0. The molecule has 17 heavy (non-hydrogen) atoms. The van der Waals surface area contributed by atoms with Crippen LogP contribution in [0, 0.1) is 32.6 Å². The molecule has 0 heterocycles. The van der Waals surface area contributed by atoms with Crippen LogP contribution in [0.3, 0.4) is 0 Å². The van der Waals surface area contributed by atoms with Crippen LogP contribution in [0.25, 0.3) is 0 Å². The van der Waals surface area contributed by atoms with Crippen molar-refractivity contribution in [2.75, 3.05) is 0 Å². The van der Waals surface area contributed by atoms with Crippen molar-refractivity contribution in [3.63, 3.8) is 0 Å². The van der Waals surface area contributed by atoms with Gasteiger partial charge in [-0.2, -0.15) is 0 Å². The molecule has 1 aromatic rings. The van der Waals surface area contributed by atoms with Gasteiger partial charge in [-0.05, 0) is 49.8 Å². The molecule has 1 aromatic carbocycles. The molecule has 0 spiro atoms. The molecule has 0 radical (unpaired) electrons. The predicted molar refractivity (Wildman–Crippen MR) is 69.8 cm³/mol. The average Bonchev–Trinajstić information content (AvgIpc) is 2.93. The van der Waals surface area contributed by atoms with Crippen molar-refractivity contribution in [3.8, 4) is 0 Å². The van der Waals surface area contributed by atoms with Crippen molar-refractivity contribution >= 4 is 5.91 Å². The van der Waals surface area contributed by atoms with Gasteiger partial charge in [-0.3, -0.25) is 4.79 Å². The molecule has 2 nitrogen and oxygen atoms in total. The number of benzene rings is 1. The summed E-state index contributed by atoms with van der Waals surface area (Å²) in [5.74, 6) is 1.06. The molecule has 1 aliphatic rings. The molecule has 2 heteroatoms. The molecule has 1 amide bonds. The summed E-state index contributed by atoms with van der Waals surface area (Å²) in [6.07, 6.45) is 1.05. The van der Waals surface area contributed by atoms with Gasteiger partial charge in [0.15, 0.2) is 0 Å². The van der Waals surface area contributed by atoms with E-state index in [4.69, 9.17) is 0 Å². The Hall–Kier alpha value is -1.31. The Morgan fingerprint density at radius 2 is 1.82 bits per heavy atom. The highest BCUT2D eigenvalue weighted by molar-refractivity contribution is 5.81. The maximum Gasteiger partial charge on any atom is 0.223 e. The van der Waals surface area contributed by atoms with Gasteiger partial charge in [0.05, 0.1) is 0 Å². The van der Waals surface area contributed by atoms with E-state index in [2.05, 4.69) is 45.1 Å². The second-order valence-electron chi connectivity index (χ2n) is 5.41. The molecule has 0 aliphatic heterocycles. The first-order valence-electron chi connectivity index (χ1n) is 6.33. The highest BCUT2D eigenvalue weighted by Crippen LogP contribution is 2.37. The van der Waals surface area contributed by atoms with Gasteiger partial charge in [0.25, 0.3) is 0 Å². The topological polar surface area (TPSA) is 29.1 Å². The molecule has 2 unspecified atom stereocenters. The smallest absolute Gasteiger partial charge is 0.223 e. The highest BCUT2D eigenvalue weighted by atomic mass is 16.2. The molecule has 0 saturated heterocycles. The van der Waals surface area contributed by atoms with Gasteiger partial charge in [-0.1, -0.05) is 24.6 Å². The molecule has 92 valence electrons. The second kappa shape index (κ2) is 4.52. The van der Waals surface area contributed by atoms with Crippen molar-refractivity contribution in [1.82, 2.24) is 5.32 Å². The molecular formula is C15H21NO. The number of carbonyl (C=O) groups excluding carboxylic acids is 1. The third-order valence-corrected chi connectivity index (χ3v) is 3.73. The number of hydrogen-bond donors (Lipinski definition) is 1. The summed E-state index contributed by atoms with van der Waals surface area (Å²) in [6.45, 7) is 9.13. The molecular weight excluding hydrogens is 210 g/mol. The van der Waals surface area contributed by atoms with Gasteiger partial charge in [-0.25, -0.2) is 0 Å². The third kappa shape index (κ3) is 2.68. The monoisotopic (exact) mass is 231 g/mol. The zero-order chi connectivity index (χ0) is 12.6. The van der Waals surface area contributed by atoms with Crippen molar-refractivity contribution in [2.45, 2.75) is 40.7 Å². The van der Waals surface area contributed by atoms with Crippen LogP contribution >= 0.6 is 0 Å². The van der Waals surface area contributed by atoms with Crippen LogP contribution < -0.4 is 5.32 Å². The minimum Gasteiger partial charge on any atom is -0.352 e. The lowest BCUT2D eigenvalue weighted by molar-refractivity contribution is -0.122. The van der Waals surface area contributed by atoms with Gasteiger partial charge in [0, 0.05) is 12.5 Å². The van der Waals surface area contributed by atoms with Crippen LogP contribution in [-0.4, -0.2) is 5.91 Å². The number of rotatable bonds is 3. The summed E-state index contributed by atoms with van der Waals surface area (Å²) in [5, 5.41) is 3.05. The summed E-state index contributed by atoms with van der Waals surface area (Å²) in [6, 6.07) is 4.35. The van der Waals surface area contributed by atoms with E-state index in [-0.39, 0.29) is 11.8 Å². The number of aryl methyl sites for hydroxylation is 3. The van der Waals surface area contributed by atoms with E-state index >= 15 is 0 Å². The number of nitrogens with one attached hydrogen (secondary N) is 1. The Balaban J connectivity index is 2.01. The molecule has 1 N–H and O–H groups in total. The SMILES string of the molecule is Cc1cc(C)c(CNC(=O)C2CC2C)c(C)c1. The zero-order valence-corrected chi connectivity index (χ0v) is 11.1. The van der Waals surface area contributed by atoms with Gasteiger partial charge in [-0.15, -0.1) is 0 Å². The molecule has 0 aromatic heterocycles. The number of amides is 1. The van der Waals surface area contributed by atoms with Crippen LogP contribution in [0.4, 0.5) is 0 Å². The van der Waals surface area contributed by atoms with Crippen molar-refractivity contribution in [1.29, 1.82) is 0 Å². The quantitative estimate of drug-likeness (QED) is 0.851. The average molecular weight is 231 g/mol. The fourth-order valence-electron chi connectivity index (χ4n) is 2.48. The minimum atomic E-state index is 0.219. The van der Waals surface area contributed by atoms with E-state index in [0.717, 1.165) is 6.42 Å². The normalized spacial score (nSPS) is 22.4. The van der Waals surface area contributed by atoms with E-state index in [1.165, 1.54) is 22.3 Å². The van der Waals surface area contributed by atoms with E-state index in [9.17, 15) is 4.79 Å². The molecule has 1 fully saturated rings. The molecule has 2 atom stereocenters. The summed E-state index contributed by atoms with van der Waals surface area (Å²) in [4.78, 5) is 11.8. The molecule has 0 bridgehead atoms. The fraction of sp³-hybridized carbons (Fsp3) is 0.533. The number of carbonyl (C=O) groups is 1. The Bertz CT molecular complexity index is 427. The van der Waals surface area contributed by atoms with Crippen LogP contribution in [0.1, 0.15) is 35.6 Å². The largest absolute Gasteiger partial charge is 0.352 e. The standard InChI is InChI=1S/C15H21NO/c1-9-5-10(2)14(11(3)6-9)8-16-15(17)13-7-12(13)4/h5-6,12-13H,7-8H2,1-4H3,(H,16,17). The minimum absolute atomic E-state index is 0.219. The summed E-state index contributed by atoms with van der Waals surface area (Å²) >= 11 is 0. The van der Waals surface area contributed by atoms with E-state index in [1.807, 2.05) is 0 Å². The van der Waals surface area contributed by atoms with Crippen molar-refractivity contribution in [3.05, 3.63) is 34.4 Å². The lowest BCUT2D eigenvalue weighted by Crippen LogP contribution is -2.25. The number of hydrogen-bond acceptors (Lipinski definition) is 1. The Kier molecular flexibility index (Phi) is 3.23. The van der Waals surface area contributed by atoms with Crippen LogP contribution in [0.5, 0.6) is 0 Å². The molecule has 1 saturated carbocycles. The van der Waals surface area contributed by atoms with Crippen LogP contribution in [0.15, 0.2) is 12.1 Å². The van der Waals surface area contributed by atoms with Gasteiger partial charge >= 0.3 is 0 Å². The lowest BCUT2D eigenvalue weighted by atomic mass is 10.00. The van der Waals surface area contributed by atoms with Crippen LogP contribution in [0.2, 0.25) is 0 Å². The van der Waals surface area contributed by atoms with Crippen LogP contribution in [-0.2, 0) is 11.3 Å². The molecule has 1 aliphatic carbocycles. The van der Waals surface area contributed by atoms with Crippen molar-refractivity contribution < 1.29 is 4.79 Å². The summed E-state index contributed by atoms with van der Waals surface area (Å²) in [5.41, 5.74) is 5.08. The van der Waals surface area contributed by atoms with Crippen molar-refractivity contribution in [2.24, 2.45) is 11.8 Å². The highest BCUT2D eigenvalue weighted by Gasteiger charge is 2.38. The first kappa shape index (κ1) is 12.2. The Morgan fingerprint density at radius 3 is 2.29 bits per heavy atom. The zero-order valence-electron chi connectivity index (χ0n) is 11.1. The van der Waals surface area contributed by atoms with E-state index in [1.54, 1.807) is 0 Å². The van der Waals surface area contributed by atoms with E-state index in [0.29, 0.717) is 12.5 Å². The first-order valence-corrected chi connectivity index (χ1v) is 6.33. The fourth-order valence-corrected chi connectivity index (χ4v) is 2.48. The lowest BCUT2D eigenvalue weighted by Gasteiger charge is -2.12. The third-order valence-electron chi connectivity index (χ3n) is 3.73. The maximum absolute atomic E-state index is 11.8. The first-order chi connectivity index (χ1) is 7.99. The predicted octanol–water partition coefficient (Wildman–Crippen LogP) is 2.88. The second-order valence-corrected chi connectivity index (χ2v) is 5.41. The Morgan fingerprint density at radius 1 is 1.29 bits per heavy atom. The Labute approximate surface area is 103 Å². The van der Waals surface area contributed by atoms with Gasteiger partial charge < -0.3 is 5.32 Å². The van der Waals surface area contributed by atoms with E-state index < -0.39 is 0 Å². The summed E-state index contributed by atoms with van der Waals surface area (Å²) in [7, 11) is 0. The maximum atomic E-state index is 11.8. The molecule has 2 rings (SSSR count).